The van der Waals surface area contributed by atoms with E-state index in [-0.39, 0.29) is 10.7 Å². The fourth-order valence-electron chi connectivity index (χ4n) is 1.57. The van der Waals surface area contributed by atoms with Crippen molar-refractivity contribution < 1.29 is 4.39 Å². The van der Waals surface area contributed by atoms with E-state index in [0.29, 0.717) is 21.3 Å². The maximum atomic E-state index is 13.7. The highest BCUT2D eigenvalue weighted by molar-refractivity contribution is 7.80. The van der Waals surface area contributed by atoms with Crippen molar-refractivity contribution in [3.05, 3.63) is 57.8 Å². The molecule has 6 heteroatoms. The summed E-state index contributed by atoms with van der Waals surface area (Å²) in [5, 5.41) is 3.72. The zero-order valence-electron chi connectivity index (χ0n) is 9.58. The number of nitrogens with one attached hydrogen (secondary N) is 1. The van der Waals surface area contributed by atoms with Crippen LogP contribution in [0.5, 0.6) is 0 Å². The first-order chi connectivity index (χ1) is 8.97. The van der Waals surface area contributed by atoms with Crippen LogP contribution in [0.25, 0.3) is 0 Å². The highest BCUT2D eigenvalue weighted by Gasteiger charge is 2.09. The molecule has 0 aliphatic heterocycles. The number of benzene rings is 2. The molecule has 0 atom stereocenters. The Morgan fingerprint density at radius 3 is 2.32 bits per heavy atom. The van der Waals surface area contributed by atoms with Crippen molar-refractivity contribution in [3.63, 3.8) is 0 Å². The van der Waals surface area contributed by atoms with Crippen LogP contribution in [0.15, 0.2) is 36.4 Å². The van der Waals surface area contributed by atoms with Gasteiger partial charge < -0.3 is 11.1 Å². The number of hydrogen-bond donors (Lipinski definition) is 2. The monoisotopic (exact) mass is 314 g/mol. The van der Waals surface area contributed by atoms with Crippen LogP contribution < -0.4 is 11.1 Å². The van der Waals surface area contributed by atoms with Gasteiger partial charge in [0.15, 0.2) is 0 Å². The molecule has 2 aromatic rings. The van der Waals surface area contributed by atoms with Gasteiger partial charge in [-0.05, 0) is 36.4 Å². The van der Waals surface area contributed by atoms with Crippen LogP contribution >= 0.6 is 35.4 Å². The van der Waals surface area contributed by atoms with Crippen molar-refractivity contribution in [1.29, 1.82) is 0 Å². The first kappa shape index (κ1) is 14.1. The Balaban J connectivity index is 2.42. The van der Waals surface area contributed by atoms with Crippen LogP contribution in [0, 0.1) is 5.82 Å². The third-order valence-corrected chi connectivity index (χ3v) is 3.14. The second-order valence-corrected chi connectivity index (χ2v) is 5.12. The lowest BCUT2D eigenvalue weighted by Crippen LogP contribution is -2.12. The third kappa shape index (κ3) is 3.35. The predicted octanol–water partition coefficient (Wildman–Crippen LogP) is 4.51. The molecule has 98 valence electrons. The van der Waals surface area contributed by atoms with Crippen molar-refractivity contribution >= 4 is 51.8 Å². The van der Waals surface area contributed by atoms with Crippen molar-refractivity contribution in [2.45, 2.75) is 0 Å². The van der Waals surface area contributed by atoms with Crippen LogP contribution in [-0.4, -0.2) is 4.99 Å². The lowest BCUT2D eigenvalue weighted by Gasteiger charge is -2.12. The van der Waals surface area contributed by atoms with E-state index < -0.39 is 5.82 Å². The van der Waals surface area contributed by atoms with Gasteiger partial charge in [0.05, 0.1) is 11.4 Å². The Bertz CT molecular complexity index is 647. The van der Waals surface area contributed by atoms with E-state index in [9.17, 15) is 4.39 Å². The highest BCUT2D eigenvalue weighted by atomic mass is 35.5. The van der Waals surface area contributed by atoms with Crippen molar-refractivity contribution in [1.82, 2.24) is 0 Å². The summed E-state index contributed by atoms with van der Waals surface area (Å²) in [6, 6.07) is 9.30. The molecule has 2 rings (SSSR count). The minimum absolute atomic E-state index is 0.202. The molecule has 0 aromatic heterocycles. The SMILES string of the molecule is NC(=S)c1ccc(Cl)cc1Nc1ccc(Cl)cc1F. The van der Waals surface area contributed by atoms with Crippen LogP contribution in [0.1, 0.15) is 5.56 Å². The summed E-state index contributed by atoms with van der Waals surface area (Å²) in [4.78, 5) is 0.202. The van der Waals surface area contributed by atoms with Crippen LogP contribution in [-0.2, 0) is 0 Å². The summed E-state index contributed by atoms with van der Waals surface area (Å²) in [7, 11) is 0. The standard InChI is InChI=1S/C13H9Cl2FN2S/c14-7-2-4-11(10(16)5-7)18-12-6-8(15)1-3-9(12)13(17)19/h1-6,18H,(H2,17,19). The van der Waals surface area contributed by atoms with Crippen molar-refractivity contribution in [3.8, 4) is 0 Å². The number of rotatable bonds is 3. The van der Waals surface area contributed by atoms with Crippen molar-refractivity contribution in [2.24, 2.45) is 5.73 Å². The van der Waals surface area contributed by atoms with E-state index in [1.54, 1.807) is 24.3 Å². The summed E-state index contributed by atoms with van der Waals surface area (Å²) in [5.41, 5.74) is 7.02. The molecular formula is C13H9Cl2FN2S. The molecule has 0 aliphatic rings. The Hall–Kier alpha value is -1.36. The van der Waals surface area contributed by atoms with Crippen molar-refractivity contribution in [2.75, 3.05) is 5.32 Å². The Morgan fingerprint density at radius 1 is 1.05 bits per heavy atom. The van der Waals surface area contributed by atoms with Gasteiger partial charge in [0.2, 0.25) is 0 Å². The smallest absolute Gasteiger partial charge is 0.148 e. The maximum Gasteiger partial charge on any atom is 0.148 e. The second kappa shape index (κ2) is 5.74. The van der Waals surface area contributed by atoms with Gasteiger partial charge in [-0.1, -0.05) is 35.4 Å². The van der Waals surface area contributed by atoms with Gasteiger partial charge in [0, 0.05) is 15.6 Å². The highest BCUT2D eigenvalue weighted by Crippen LogP contribution is 2.27. The molecule has 3 N–H and O–H groups in total. The van der Waals surface area contributed by atoms with E-state index >= 15 is 0 Å². The molecule has 2 nitrogen and oxygen atoms in total. The predicted molar refractivity (Wildman–Crippen MR) is 82.0 cm³/mol. The second-order valence-electron chi connectivity index (χ2n) is 3.80. The first-order valence-corrected chi connectivity index (χ1v) is 6.45. The summed E-state index contributed by atoms with van der Waals surface area (Å²) < 4.78 is 13.7. The molecule has 0 heterocycles. The maximum absolute atomic E-state index is 13.7. The van der Waals surface area contributed by atoms with Crippen LogP contribution in [0.4, 0.5) is 15.8 Å². The topological polar surface area (TPSA) is 38.0 Å². The zero-order chi connectivity index (χ0) is 14.0. The summed E-state index contributed by atoms with van der Waals surface area (Å²) >= 11 is 16.6. The summed E-state index contributed by atoms with van der Waals surface area (Å²) in [5.74, 6) is -0.471. The Morgan fingerprint density at radius 2 is 1.68 bits per heavy atom. The van der Waals surface area contributed by atoms with Gasteiger partial charge >= 0.3 is 0 Å². The largest absolute Gasteiger partial charge is 0.389 e. The quantitative estimate of drug-likeness (QED) is 0.819. The van der Waals surface area contributed by atoms with E-state index in [1.807, 2.05) is 0 Å². The molecule has 0 aliphatic carbocycles. The number of nitrogens with two attached hydrogens (primary N) is 1. The number of hydrogen-bond acceptors (Lipinski definition) is 2. The minimum Gasteiger partial charge on any atom is -0.389 e. The van der Waals surface area contributed by atoms with E-state index in [1.165, 1.54) is 12.1 Å². The van der Waals surface area contributed by atoms with Gasteiger partial charge in [-0.15, -0.1) is 0 Å². The Labute approximate surface area is 125 Å². The molecule has 0 amide bonds. The molecule has 0 fully saturated rings. The molecule has 19 heavy (non-hydrogen) atoms. The molecule has 0 spiro atoms. The zero-order valence-corrected chi connectivity index (χ0v) is 11.9. The molecule has 2 aromatic carbocycles. The van der Waals surface area contributed by atoms with Gasteiger partial charge in [0.25, 0.3) is 0 Å². The molecular weight excluding hydrogens is 306 g/mol. The Kier molecular flexibility index (Phi) is 4.24. The fourth-order valence-corrected chi connectivity index (χ4v) is 2.08. The normalized spacial score (nSPS) is 10.3. The average Bonchev–Trinajstić information content (AvgIpc) is 2.32. The van der Waals surface area contributed by atoms with Gasteiger partial charge in [-0.25, -0.2) is 4.39 Å². The van der Waals surface area contributed by atoms with Gasteiger partial charge in [0.1, 0.15) is 10.8 Å². The molecule has 0 unspecified atom stereocenters. The lowest BCUT2D eigenvalue weighted by molar-refractivity contribution is 0.632. The van der Waals surface area contributed by atoms with Crippen LogP contribution in [0.2, 0.25) is 10.0 Å². The molecule has 0 bridgehead atoms. The molecule has 0 saturated heterocycles. The van der Waals surface area contributed by atoms with E-state index in [2.05, 4.69) is 5.32 Å². The first-order valence-electron chi connectivity index (χ1n) is 5.29. The average molecular weight is 315 g/mol. The van der Waals surface area contributed by atoms with E-state index in [4.69, 9.17) is 41.2 Å². The number of thiocarbonyl (C=S) groups is 1. The minimum atomic E-state index is -0.471. The van der Waals surface area contributed by atoms with Gasteiger partial charge in [-0.3, -0.25) is 0 Å². The molecule has 0 saturated carbocycles. The van der Waals surface area contributed by atoms with E-state index in [0.717, 1.165) is 0 Å². The summed E-state index contributed by atoms with van der Waals surface area (Å²) in [6.45, 7) is 0. The third-order valence-electron chi connectivity index (χ3n) is 2.45. The van der Waals surface area contributed by atoms with Crippen LogP contribution in [0.3, 0.4) is 0 Å². The fraction of sp³-hybridized carbons (Fsp3) is 0. The van der Waals surface area contributed by atoms with Gasteiger partial charge in [-0.2, -0.15) is 0 Å². The molecule has 0 radical (unpaired) electrons. The summed E-state index contributed by atoms with van der Waals surface area (Å²) in [6.07, 6.45) is 0. The number of halogens is 3. The number of anilines is 2. The lowest BCUT2D eigenvalue weighted by atomic mass is 10.1.